The molecule has 1 aromatic rings. The molecule has 1 aromatic heterocycles. The molecule has 0 aromatic carbocycles. The van der Waals surface area contributed by atoms with Crippen LogP contribution >= 0.6 is 0 Å². The molecule has 1 aliphatic carbocycles. The van der Waals surface area contributed by atoms with Crippen molar-refractivity contribution in [1.29, 1.82) is 0 Å². The number of hydrogen-bond donors (Lipinski definition) is 2. The highest BCUT2D eigenvalue weighted by atomic mass is 32.2. The Bertz CT molecular complexity index is 670. The Morgan fingerprint density at radius 3 is 2.29 bits per heavy atom. The highest BCUT2D eigenvalue weighted by Crippen LogP contribution is 2.27. The van der Waals surface area contributed by atoms with Crippen LogP contribution in [-0.2, 0) is 14.8 Å². The van der Waals surface area contributed by atoms with E-state index >= 15 is 0 Å². The first kappa shape index (κ1) is 18.9. The molecule has 7 heteroatoms. The Kier molecular flexibility index (Phi) is 5.65. The maximum atomic E-state index is 12.3. The van der Waals surface area contributed by atoms with Gasteiger partial charge in [0.25, 0.3) is 0 Å². The predicted octanol–water partition coefficient (Wildman–Crippen LogP) is 2.61. The zero-order valence-electron chi connectivity index (χ0n) is 14.8. The molecule has 0 bridgehead atoms. The van der Waals surface area contributed by atoms with Gasteiger partial charge in [0.05, 0.1) is 4.75 Å². The van der Waals surface area contributed by atoms with E-state index in [9.17, 15) is 13.2 Å². The lowest BCUT2D eigenvalue weighted by Gasteiger charge is -2.30. The van der Waals surface area contributed by atoms with Crippen molar-refractivity contribution in [3.63, 3.8) is 0 Å². The maximum Gasteiger partial charge on any atom is 0.228 e. The molecule has 1 saturated carbocycles. The summed E-state index contributed by atoms with van der Waals surface area (Å²) in [5.41, 5.74) is 1.04. The average molecular weight is 353 g/mol. The number of carbonyl (C=O) groups is 1. The summed E-state index contributed by atoms with van der Waals surface area (Å²) in [6.45, 7) is 6.99. The molecule has 1 aliphatic rings. The Hall–Kier alpha value is -1.47. The van der Waals surface area contributed by atoms with Crippen molar-refractivity contribution in [2.45, 2.75) is 64.2 Å². The van der Waals surface area contributed by atoms with Gasteiger partial charge in [0.2, 0.25) is 15.9 Å². The van der Waals surface area contributed by atoms with E-state index in [0.717, 1.165) is 5.56 Å². The average Bonchev–Trinajstić information content (AvgIpc) is 2.49. The quantitative estimate of drug-likeness (QED) is 0.871. The van der Waals surface area contributed by atoms with E-state index in [1.807, 2.05) is 13.0 Å². The summed E-state index contributed by atoms with van der Waals surface area (Å²) in [4.78, 5) is 16.5. The first-order chi connectivity index (χ1) is 11.1. The fourth-order valence-electron chi connectivity index (χ4n) is 2.64. The first-order valence-electron chi connectivity index (χ1n) is 8.34. The van der Waals surface area contributed by atoms with Crippen LogP contribution in [0.25, 0.3) is 0 Å². The van der Waals surface area contributed by atoms with Crippen molar-refractivity contribution in [1.82, 2.24) is 9.71 Å². The molecule has 0 spiro atoms. The maximum absolute atomic E-state index is 12.3. The number of amides is 1. The van der Waals surface area contributed by atoms with Crippen molar-refractivity contribution < 1.29 is 13.2 Å². The molecule has 6 nitrogen and oxygen atoms in total. The fourth-order valence-corrected chi connectivity index (χ4v) is 3.67. The van der Waals surface area contributed by atoms with Crippen LogP contribution in [-0.4, -0.2) is 30.1 Å². The van der Waals surface area contributed by atoms with E-state index in [2.05, 4.69) is 15.0 Å². The second-order valence-corrected chi connectivity index (χ2v) is 9.96. The molecule has 134 valence electrons. The second kappa shape index (κ2) is 7.19. The smallest absolute Gasteiger partial charge is 0.228 e. The lowest BCUT2D eigenvalue weighted by Crippen LogP contribution is -2.46. The Morgan fingerprint density at radius 1 is 1.17 bits per heavy atom. The number of nitrogens with one attached hydrogen (secondary N) is 2. The number of aryl methyl sites for hydroxylation is 1. The summed E-state index contributed by atoms with van der Waals surface area (Å²) >= 11 is 0. The minimum absolute atomic E-state index is 0.0384. The number of pyridine rings is 1. The largest absolute Gasteiger partial charge is 0.310 e. The van der Waals surface area contributed by atoms with Gasteiger partial charge in [-0.3, -0.25) is 4.79 Å². The van der Waals surface area contributed by atoms with Crippen LogP contribution < -0.4 is 10.0 Å². The van der Waals surface area contributed by atoms with Gasteiger partial charge in [0.15, 0.2) is 0 Å². The van der Waals surface area contributed by atoms with Crippen LogP contribution in [0.5, 0.6) is 0 Å². The molecule has 2 N–H and O–H groups in total. The number of aromatic nitrogens is 1. The van der Waals surface area contributed by atoms with Crippen molar-refractivity contribution in [2.24, 2.45) is 5.92 Å². The van der Waals surface area contributed by atoms with Crippen LogP contribution in [0.2, 0.25) is 0 Å². The third kappa shape index (κ3) is 4.77. The zero-order valence-corrected chi connectivity index (χ0v) is 15.6. The van der Waals surface area contributed by atoms with Crippen molar-refractivity contribution in [2.75, 3.05) is 5.32 Å². The van der Waals surface area contributed by atoms with Crippen LogP contribution in [0.3, 0.4) is 0 Å². The molecule has 24 heavy (non-hydrogen) atoms. The molecule has 1 fully saturated rings. The third-order valence-corrected chi connectivity index (χ3v) is 6.64. The Morgan fingerprint density at radius 2 is 1.79 bits per heavy atom. The van der Waals surface area contributed by atoms with E-state index in [0.29, 0.717) is 31.5 Å². The number of anilines is 1. The van der Waals surface area contributed by atoms with Gasteiger partial charge < -0.3 is 5.32 Å². The van der Waals surface area contributed by atoms with E-state index in [1.54, 1.807) is 33.0 Å². The molecule has 2 rings (SSSR count). The highest BCUT2D eigenvalue weighted by molar-refractivity contribution is 7.90. The van der Waals surface area contributed by atoms with Crippen molar-refractivity contribution >= 4 is 21.7 Å². The number of sulfonamides is 1. The Labute approximate surface area is 144 Å². The SMILES string of the molecule is Cc1ccc(NC(=O)C2CCC(NS(=O)(=O)C(C)(C)C)CC2)nc1. The summed E-state index contributed by atoms with van der Waals surface area (Å²) in [5, 5.41) is 2.84. The third-order valence-electron chi connectivity index (χ3n) is 4.39. The highest BCUT2D eigenvalue weighted by Gasteiger charge is 2.34. The summed E-state index contributed by atoms with van der Waals surface area (Å²) in [5.74, 6) is 0.424. The molecular formula is C17H27N3O3S. The van der Waals surface area contributed by atoms with Gasteiger partial charge in [-0.25, -0.2) is 18.1 Å². The van der Waals surface area contributed by atoms with Crippen LogP contribution in [0, 0.1) is 12.8 Å². The van der Waals surface area contributed by atoms with Crippen LogP contribution in [0.15, 0.2) is 18.3 Å². The van der Waals surface area contributed by atoms with E-state index < -0.39 is 14.8 Å². The van der Waals surface area contributed by atoms with Crippen molar-refractivity contribution in [3.05, 3.63) is 23.9 Å². The van der Waals surface area contributed by atoms with Gasteiger partial charge in [-0.1, -0.05) is 6.07 Å². The standard InChI is InChI=1S/C17H27N3O3S/c1-12-5-10-15(18-11-12)19-16(21)13-6-8-14(9-7-13)20-24(22,23)17(2,3)4/h5,10-11,13-14,20H,6-9H2,1-4H3,(H,18,19,21). The first-order valence-corrected chi connectivity index (χ1v) is 9.82. The van der Waals surface area contributed by atoms with E-state index in [-0.39, 0.29) is 17.9 Å². The van der Waals surface area contributed by atoms with E-state index in [4.69, 9.17) is 0 Å². The van der Waals surface area contributed by atoms with Gasteiger partial charge in [-0.05, 0) is 65.0 Å². The monoisotopic (exact) mass is 353 g/mol. The summed E-state index contributed by atoms with van der Waals surface area (Å²) in [7, 11) is -3.35. The minimum Gasteiger partial charge on any atom is -0.310 e. The van der Waals surface area contributed by atoms with Gasteiger partial charge in [-0.15, -0.1) is 0 Å². The predicted molar refractivity (Wildman–Crippen MR) is 95.2 cm³/mol. The molecule has 0 unspecified atom stereocenters. The second-order valence-electron chi connectivity index (χ2n) is 7.49. The lowest BCUT2D eigenvalue weighted by atomic mass is 9.86. The molecule has 1 heterocycles. The molecule has 0 aliphatic heterocycles. The fraction of sp³-hybridized carbons (Fsp3) is 0.647. The Balaban J connectivity index is 1.86. The molecule has 0 saturated heterocycles. The number of rotatable bonds is 4. The minimum atomic E-state index is -3.35. The van der Waals surface area contributed by atoms with Crippen molar-refractivity contribution in [3.8, 4) is 0 Å². The number of carbonyl (C=O) groups excluding carboxylic acids is 1. The lowest BCUT2D eigenvalue weighted by molar-refractivity contribution is -0.120. The van der Waals surface area contributed by atoms with E-state index in [1.165, 1.54) is 0 Å². The summed E-state index contributed by atoms with van der Waals surface area (Å²) < 4.78 is 26.4. The van der Waals surface area contributed by atoms with Gasteiger partial charge in [0, 0.05) is 18.2 Å². The molecule has 0 radical (unpaired) electrons. The van der Waals surface area contributed by atoms with Gasteiger partial charge in [0.1, 0.15) is 5.82 Å². The van der Waals surface area contributed by atoms with Gasteiger partial charge in [-0.2, -0.15) is 0 Å². The topological polar surface area (TPSA) is 88.2 Å². The summed E-state index contributed by atoms with van der Waals surface area (Å²) in [6.07, 6.45) is 4.42. The van der Waals surface area contributed by atoms with Gasteiger partial charge >= 0.3 is 0 Å². The molecule has 0 atom stereocenters. The number of nitrogens with zero attached hydrogens (tertiary/aromatic N) is 1. The molecule has 1 amide bonds. The van der Waals surface area contributed by atoms with Crippen LogP contribution in [0.1, 0.15) is 52.0 Å². The normalized spacial score (nSPS) is 22.2. The number of hydrogen-bond acceptors (Lipinski definition) is 4. The van der Waals surface area contributed by atoms with Crippen LogP contribution in [0.4, 0.5) is 5.82 Å². The summed E-state index contributed by atoms with van der Waals surface area (Å²) in [6, 6.07) is 3.60. The molecular weight excluding hydrogens is 326 g/mol. The zero-order chi connectivity index (χ0) is 18.0.